The molecule has 0 bridgehead atoms. The molecule has 2 aliphatic heterocycles. The maximum atomic E-state index is 5.44. The zero-order valence-corrected chi connectivity index (χ0v) is 19.4. The number of rotatable bonds is 8. The van der Waals surface area contributed by atoms with Crippen molar-refractivity contribution in [3.05, 3.63) is 23.8 Å². The van der Waals surface area contributed by atoms with E-state index >= 15 is 0 Å². The van der Waals surface area contributed by atoms with Gasteiger partial charge in [0.05, 0.1) is 6.54 Å². The maximum absolute atomic E-state index is 5.44. The molecule has 1 fully saturated rings. The van der Waals surface area contributed by atoms with Crippen LogP contribution in [0.15, 0.2) is 23.2 Å². The molecule has 1 aromatic carbocycles. The molecule has 0 saturated carbocycles. The lowest BCUT2D eigenvalue weighted by molar-refractivity contribution is 0.140. The smallest absolute Gasteiger partial charge is 0.231 e. The van der Waals surface area contributed by atoms with E-state index in [0.29, 0.717) is 6.79 Å². The van der Waals surface area contributed by atoms with Crippen LogP contribution in [0.3, 0.4) is 0 Å². The molecule has 0 amide bonds. The quantitative estimate of drug-likeness (QED) is 0.321. The average molecular weight is 503 g/mol. The SMILES string of the molecule is CCNC(=NCCN1CCN(CC)CC1)NCCc1ccc2c(c1)OCO2.I. The summed E-state index contributed by atoms with van der Waals surface area (Å²) in [5.41, 5.74) is 1.23. The molecule has 1 saturated heterocycles. The third-order valence-electron chi connectivity index (χ3n) is 5.09. The number of hydrogen-bond donors (Lipinski definition) is 2. The number of nitrogens with zero attached hydrogens (tertiary/aromatic N) is 3. The Morgan fingerprint density at radius 3 is 2.54 bits per heavy atom. The zero-order chi connectivity index (χ0) is 18.9. The fraction of sp³-hybridized carbons (Fsp3) is 0.650. The number of guanidine groups is 1. The lowest BCUT2D eigenvalue weighted by Crippen LogP contribution is -2.47. The average Bonchev–Trinajstić information content (AvgIpc) is 3.16. The van der Waals surface area contributed by atoms with E-state index in [-0.39, 0.29) is 24.0 Å². The maximum Gasteiger partial charge on any atom is 0.231 e. The Labute approximate surface area is 185 Å². The summed E-state index contributed by atoms with van der Waals surface area (Å²) in [4.78, 5) is 9.74. The van der Waals surface area contributed by atoms with Gasteiger partial charge in [0.2, 0.25) is 6.79 Å². The molecule has 7 nitrogen and oxygen atoms in total. The summed E-state index contributed by atoms with van der Waals surface area (Å²) in [6, 6.07) is 6.13. The second kappa shape index (κ2) is 12.3. The second-order valence-electron chi connectivity index (χ2n) is 6.90. The molecule has 0 radical (unpaired) electrons. The molecular weight excluding hydrogens is 469 g/mol. The Morgan fingerprint density at radius 1 is 1.04 bits per heavy atom. The minimum Gasteiger partial charge on any atom is -0.454 e. The topological polar surface area (TPSA) is 61.4 Å². The van der Waals surface area contributed by atoms with Crippen LogP contribution >= 0.6 is 24.0 Å². The van der Waals surface area contributed by atoms with E-state index in [1.807, 2.05) is 6.07 Å². The minimum atomic E-state index is 0. The molecule has 2 N–H and O–H groups in total. The predicted octanol–water partition coefficient (Wildman–Crippen LogP) is 1.77. The molecule has 1 aromatic rings. The van der Waals surface area contributed by atoms with Crippen molar-refractivity contribution < 1.29 is 9.47 Å². The molecule has 0 aliphatic carbocycles. The Kier molecular flexibility index (Phi) is 10.1. The highest BCUT2D eigenvalue weighted by Crippen LogP contribution is 2.32. The summed E-state index contributed by atoms with van der Waals surface area (Å²) >= 11 is 0. The van der Waals surface area contributed by atoms with E-state index in [1.165, 1.54) is 18.7 Å². The van der Waals surface area contributed by atoms with E-state index in [9.17, 15) is 0 Å². The highest BCUT2D eigenvalue weighted by Gasteiger charge is 2.15. The molecule has 8 heteroatoms. The van der Waals surface area contributed by atoms with Gasteiger partial charge in [-0.15, -0.1) is 24.0 Å². The van der Waals surface area contributed by atoms with Gasteiger partial charge in [-0.25, -0.2) is 0 Å². The van der Waals surface area contributed by atoms with Crippen molar-refractivity contribution in [3.63, 3.8) is 0 Å². The van der Waals surface area contributed by atoms with Gasteiger partial charge >= 0.3 is 0 Å². The van der Waals surface area contributed by atoms with Gasteiger partial charge in [0.25, 0.3) is 0 Å². The molecule has 0 atom stereocenters. The summed E-state index contributed by atoms with van der Waals surface area (Å²) in [5.74, 6) is 2.57. The molecule has 3 rings (SSSR count). The first-order valence-electron chi connectivity index (χ1n) is 10.1. The van der Waals surface area contributed by atoms with Gasteiger partial charge in [-0.05, 0) is 37.6 Å². The number of aliphatic imine (C=N–C) groups is 1. The first-order chi connectivity index (χ1) is 13.3. The summed E-state index contributed by atoms with van der Waals surface area (Å²) in [6.45, 7) is 14.0. The molecule has 2 aliphatic rings. The van der Waals surface area contributed by atoms with Crippen LogP contribution < -0.4 is 20.1 Å². The van der Waals surface area contributed by atoms with Gasteiger partial charge in [-0.3, -0.25) is 9.89 Å². The number of benzene rings is 1. The van der Waals surface area contributed by atoms with Crippen LogP contribution in [0.1, 0.15) is 19.4 Å². The van der Waals surface area contributed by atoms with Gasteiger partial charge < -0.3 is 25.0 Å². The number of hydrogen-bond acceptors (Lipinski definition) is 5. The molecule has 0 spiro atoms. The van der Waals surface area contributed by atoms with Crippen molar-refractivity contribution in [1.29, 1.82) is 0 Å². The van der Waals surface area contributed by atoms with E-state index in [0.717, 1.165) is 69.7 Å². The van der Waals surface area contributed by atoms with Gasteiger partial charge in [-0.2, -0.15) is 0 Å². The van der Waals surface area contributed by atoms with E-state index in [1.54, 1.807) is 0 Å². The zero-order valence-electron chi connectivity index (χ0n) is 17.1. The molecule has 0 aromatic heterocycles. The second-order valence-corrected chi connectivity index (χ2v) is 6.90. The number of halogens is 1. The van der Waals surface area contributed by atoms with Gasteiger partial charge in [0.1, 0.15) is 0 Å². The van der Waals surface area contributed by atoms with Crippen LogP contribution in [-0.2, 0) is 6.42 Å². The largest absolute Gasteiger partial charge is 0.454 e. The highest BCUT2D eigenvalue weighted by atomic mass is 127. The minimum absolute atomic E-state index is 0. The van der Waals surface area contributed by atoms with Crippen molar-refractivity contribution in [3.8, 4) is 11.5 Å². The number of likely N-dealkylation sites (N-methyl/N-ethyl adjacent to an activating group) is 1. The van der Waals surface area contributed by atoms with Crippen molar-refractivity contribution in [2.24, 2.45) is 4.99 Å². The number of piperazine rings is 1. The van der Waals surface area contributed by atoms with Crippen LogP contribution in [0.5, 0.6) is 11.5 Å². The van der Waals surface area contributed by atoms with Gasteiger partial charge in [-0.1, -0.05) is 13.0 Å². The van der Waals surface area contributed by atoms with Gasteiger partial charge in [0, 0.05) is 45.8 Å². The van der Waals surface area contributed by atoms with Crippen LogP contribution in [0.4, 0.5) is 0 Å². The van der Waals surface area contributed by atoms with Crippen molar-refractivity contribution in [2.75, 3.05) is 65.7 Å². The molecule has 0 unspecified atom stereocenters. The first-order valence-corrected chi connectivity index (χ1v) is 10.1. The standard InChI is InChI=1S/C20H33N5O2.HI/c1-3-21-20(23-9-10-25-13-11-24(4-2)12-14-25)22-8-7-17-5-6-18-19(15-17)27-16-26-18;/h5-6,15H,3-4,7-14,16H2,1-2H3,(H2,21,22,23);1H. The first kappa shape index (κ1) is 23.0. The predicted molar refractivity (Wildman–Crippen MR) is 124 cm³/mol. The van der Waals surface area contributed by atoms with Gasteiger partial charge in [0.15, 0.2) is 17.5 Å². The fourth-order valence-corrected chi connectivity index (χ4v) is 3.40. The molecule has 2 heterocycles. The van der Waals surface area contributed by atoms with E-state index in [4.69, 9.17) is 14.5 Å². The van der Waals surface area contributed by atoms with E-state index < -0.39 is 0 Å². The van der Waals surface area contributed by atoms with Crippen LogP contribution in [0.2, 0.25) is 0 Å². The molecule has 158 valence electrons. The lowest BCUT2D eigenvalue weighted by atomic mass is 10.1. The van der Waals surface area contributed by atoms with Crippen molar-refractivity contribution >= 4 is 29.9 Å². The Morgan fingerprint density at radius 2 is 1.79 bits per heavy atom. The Bertz CT molecular complexity index is 621. The summed E-state index contributed by atoms with van der Waals surface area (Å²) in [7, 11) is 0. The molecular formula is C20H34IN5O2. The summed E-state index contributed by atoms with van der Waals surface area (Å²) < 4.78 is 10.8. The number of ether oxygens (including phenoxy) is 2. The van der Waals surface area contributed by atoms with Crippen LogP contribution in [-0.4, -0.2) is 81.5 Å². The molecule has 28 heavy (non-hydrogen) atoms. The fourth-order valence-electron chi connectivity index (χ4n) is 3.40. The summed E-state index contributed by atoms with van der Waals surface area (Å²) in [5, 5.41) is 6.76. The Hall–Kier alpha value is -1.26. The third-order valence-corrected chi connectivity index (χ3v) is 5.09. The van der Waals surface area contributed by atoms with Crippen LogP contribution in [0, 0.1) is 0 Å². The Balaban J connectivity index is 0.00000280. The lowest BCUT2D eigenvalue weighted by Gasteiger charge is -2.33. The highest BCUT2D eigenvalue weighted by molar-refractivity contribution is 14.0. The normalized spacial score (nSPS) is 17.3. The van der Waals surface area contributed by atoms with E-state index in [2.05, 4.69) is 46.4 Å². The van der Waals surface area contributed by atoms with Crippen LogP contribution in [0.25, 0.3) is 0 Å². The third kappa shape index (κ3) is 6.97. The van der Waals surface area contributed by atoms with Crippen molar-refractivity contribution in [1.82, 2.24) is 20.4 Å². The summed E-state index contributed by atoms with van der Waals surface area (Å²) in [6.07, 6.45) is 0.917. The monoisotopic (exact) mass is 503 g/mol. The number of nitrogens with one attached hydrogen (secondary N) is 2. The number of fused-ring (bicyclic) bond motifs is 1. The van der Waals surface area contributed by atoms with Crippen molar-refractivity contribution in [2.45, 2.75) is 20.3 Å².